The van der Waals surface area contributed by atoms with Crippen LogP contribution in [-0.4, -0.2) is 15.2 Å². The third kappa shape index (κ3) is 2.69. The molecule has 1 N–H and O–H groups in total. The Balaban J connectivity index is 2.18. The second-order valence-electron chi connectivity index (χ2n) is 3.59. The van der Waals surface area contributed by atoms with Crippen LogP contribution in [0.4, 0.5) is 10.7 Å². The Morgan fingerprint density at radius 2 is 2.22 bits per heavy atom. The molecule has 1 amide bonds. The molecule has 0 aliphatic carbocycles. The predicted molar refractivity (Wildman–Crippen MR) is 67.9 cm³/mol. The number of aromatic nitrogens is 1. The summed E-state index contributed by atoms with van der Waals surface area (Å²) >= 11 is 1.17. The summed E-state index contributed by atoms with van der Waals surface area (Å²) < 4.78 is 4.03. The van der Waals surface area contributed by atoms with E-state index in [0.29, 0.717) is 5.00 Å². The van der Waals surface area contributed by atoms with E-state index in [1.54, 1.807) is 6.07 Å². The highest BCUT2D eigenvalue weighted by Gasteiger charge is 2.12. The number of benzene rings is 1. The van der Waals surface area contributed by atoms with Gasteiger partial charge in [-0.3, -0.25) is 14.9 Å². The molecular formula is C11H9N3O3S. The van der Waals surface area contributed by atoms with Crippen molar-refractivity contribution in [2.24, 2.45) is 0 Å². The maximum absolute atomic E-state index is 11.8. The number of nitrogens with one attached hydrogen (secondary N) is 1. The highest BCUT2D eigenvalue weighted by Crippen LogP contribution is 2.18. The van der Waals surface area contributed by atoms with Gasteiger partial charge in [0.2, 0.25) is 0 Å². The van der Waals surface area contributed by atoms with Crippen LogP contribution >= 0.6 is 11.5 Å². The van der Waals surface area contributed by atoms with Gasteiger partial charge in [-0.1, -0.05) is 6.07 Å². The van der Waals surface area contributed by atoms with Crippen LogP contribution in [0.1, 0.15) is 16.1 Å². The van der Waals surface area contributed by atoms with Crippen molar-refractivity contribution in [3.8, 4) is 0 Å². The molecule has 18 heavy (non-hydrogen) atoms. The molecular weight excluding hydrogens is 254 g/mol. The Morgan fingerprint density at radius 1 is 1.44 bits per heavy atom. The van der Waals surface area contributed by atoms with Crippen LogP contribution in [0.25, 0.3) is 0 Å². The van der Waals surface area contributed by atoms with Crippen molar-refractivity contribution in [3.05, 3.63) is 51.7 Å². The molecule has 1 heterocycles. The summed E-state index contributed by atoms with van der Waals surface area (Å²) in [5.74, 6) is -0.387. The van der Waals surface area contributed by atoms with Crippen LogP contribution in [0, 0.1) is 17.0 Å². The molecule has 0 saturated carbocycles. The van der Waals surface area contributed by atoms with E-state index in [9.17, 15) is 14.9 Å². The second-order valence-corrected chi connectivity index (χ2v) is 4.40. The van der Waals surface area contributed by atoms with E-state index in [1.165, 1.54) is 35.8 Å². The van der Waals surface area contributed by atoms with E-state index in [-0.39, 0.29) is 17.2 Å². The predicted octanol–water partition coefficient (Wildman–Crippen LogP) is 2.61. The molecule has 0 aliphatic heterocycles. The van der Waals surface area contributed by atoms with Gasteiger partial charge in [0.25, 0.3) is 11.6 Å². The lowest BCUT2D eigenvalue weighted by Gasteiger charge is -2.01. The smallest absolute Gasteiger partial charge is 0.270 e. The Kier molecular flexibility index (Phi) is 3.33. The minimum absolute atomic E-state index is 0.108. The standard InChI is InChI=1S/C11H9N3O3S/c1-7-5-10(18-13-7)12-11(15)8-3-2-4-9(6-8)14(16)17/h2-6H,1H3,(H,12,15). The number of anilines is 1. The molecule has 0 aliphatic rings. The SMILES string of the molecule is Cc1cc(NC(=O)c2cccc([N+](=O)[O-])c2)sn1. The number of carbonyl (C=O) groups excluding carboxylic acids is 1. The minimum atomic E-state index is -0.534. The van der Waals surface area contributed by atoms with Gasteiger partial charge in [-0.25, -0.2) is 0 Å². The molecule has 2 rings (SSSR count). The van der Waals surface area contributed by atoms with Gasteiger partial charge >= 0.3 is 0 Å². The van der Waals surface area contributed by atoms with E-state index >= 15 is 0 Å². The minimum Gasteiger partial charge on any atom is -0.312 e. The first-order chi connectivity index (χ1) is 8.56. The first-order valence-electron chi connectivity index (χ1n) is 5.05. The monoisotopic (exact) mass is 263 g/mol. The molecule has 2 aromatic rings. The Labute approximate surface area is 107 Å². The molecule has 0 atom stereocenters. The second kappa shape index (κ2) is 4.92. The summed E-state index contributed by atoms with van der Waals surface area (Å²) in [5.41, 5.74) is 0.952. The van der Waals surface area contributed by atoms with Crippen molar-refractivity contribution >= 4 is 28.1 Å². The van der Waals surface area contributed by atoms with E-state index in [4.69, 9.17) is 0 Å². The summed E-state index contributed by atoms with van der Waals surface area (Å²) in [6, 6.07) is 7.32. The van der Waals surface area contributed by atoms with Crippen LogP contribution in [-0.2, 0) is 0 Å². The first kappa shape index (κ1) is 12.2. The summed E-state index contributed by atoms with van der Waals surface area (Å²) in [5, 5.41) is 13.9. The average Bonchev–Trinajstić information content (AvgIpc) is 2.75. The fourth-order valence-electron chi connectivity index (χ4n) is 1.37. The molecule has 0 saturated heterocycles. The summed E-state index contributed by atoms with van der Waals surface area (Å²) in [6.07, 6.45) is 0. The molecule has 0 bridgehead atoms. The van der Waals surface area contributed by atoms with Gasteiger partial charge in [-0.15, -0.1) is 0 Å². The van der Waals surface area contributed by atoms with Gasteiger partial charge in [0.15, 0.2) is 0 Å². The van der Waals surface area contributed by atoms with Crippen molar-refractivity contribution < 1.29 is 9.72 Å². The zero-order valence-corrected chi connectivity index (χ0v) is 10.2. The number of hydrogen-bond acceptors (Lipinski definition) is 5. The summed E-state index contributed by atoms with van der Waals surface area (Å²) in [4.78, 5) is 21.9. The number of hydrogen-bond donors (Lipinski definition) is 1. The van der Waals surface area contributed by atoms with Crippen LogP contribution in [0.5, 0.6) is 0 Å². The molecule has 6 nitrogen and oxygen atoms in total. The van der Waals surface area contributed by atoms with E-state index in [0.717, 1.165) is 5.69 Å². The molecule has 92 valence electrons. The van der Waals surface area contributed by atoms with Gasteiger partial charge in [-0.2, -0.15) is 4.37 Å². The Hall–Kier alpha value is -2.28. The highest BCUT2D eigenvalue weighted by atomic mass is 32.1. The van der Waals surface area contributed by atoms with E-state index < -0.39 is 4.92 Å². The van der Waals surface area contributed by atoms with Gasteiger partial charge in [0, 0.05) is 17.7 Å². The number of carbonyl (C=O) groups is 1. The fraction of sp³-hybridized carbons (Fsp3) is 0.0909. The zero-order valence-electron chi connectivity index (χ0n) is 9.41. The topological polar surface area (TPSA) is 85.1 Å². The van der Waals surface area contributed by atoms with Gasteiger partial charge in [0.1, 0.15) is 5.00 Å². The zero-order chi connectivity index (χ0) is 13.1. The molecule has 0 spiro atoms. The molecule has 1 aromatic carbocycles. The van der Waals surface area contributed by atoms with Crippen molar-refractivity contribution in [3.63, 3.8) is 0 Å². The molecule has 0 unspecified atom stereocenters. The first-order valence-corrected chi connectivity index (χ1v) is 5.83. The summed E-state index contributed by atoms with van der Waals surface area (Å²) in [7, 11) is 0. The maximum atomic E-state index is 11.8. The fourth-order valence-corrected chi connectivity index (χ4v) is 2.02. The van der Waals surface area contributed by atoms with Crippen LogP contribution in [0.2, 0.25) is 0 Å². The molecule has 0 radical (unpaired) electrons. The third-order valence-electron chi connectivity index (χ3n) is 2.18. The van der Waals surface area contributed by atoms with E-state index in [1.807, 2.05) is 6.92 Å². The Morgan fingerprint density at radius 3 is 2.83 bits per heavy atom. The lowest BCUT2D eigenvalue weighted by Crippen LogP contribution is -2.11. The number of non-ortho nitro benzene ring substituents is 1. The number of nitrogens with zero attached hydrogens (tertiary/aromatic N) is 2. The van der Waals surface area contributed by atoms with Crippen LogP contribution < -0.4 is 5.32 Å². The average molecular weight is 263 g/mol. The molecule has 7 heteroatoms. The quantitative estimate of drug-likeness (QED) is 0.681. The van der Waals surface area contributed by atoms with Gasteiger partial charge in [0.05, 0.1) is 10.6 Å². The number of nitro benzene ring substituents is 1. The number of amides is 1. The van der Waals surface area contributed by atoms with Crippen LogP contribution in [0.15, 0.2) is 30.3 Å². The largest absolute Gasteiger partial charge is 0.312 e. The lowest BCUT2D eigenvalue weighted by molar-refractivity contribution is -0.384. The molecule has 1 aromatic heterocycles. The number of aryl methyl sites for hydroxylation is 1. The van der Waals surface area contributed by atoms with E-state index in [2.05, 4.69) is 9.69 Å². The van der Waals surface area contributed by atoms with Crippen molar-refractivity contribution in [1.82, 2.24) is 4.37 Å². The van der Waals surface area contributed by atoms with Gasteiger partial charge < -0.3 is 5.32 Å². The molecule has 0 fully saturated rings. The van der Waals surface area contributed by atoms with Crippen molar-refractivity contribution in [1.29, 1.82) is 0 Å². The lowest BCUT2D eigenvalue weighted by atomic mass is 10.2. The van der Waals surface area contributed by atoms with Crippen LogP contribution in [0.3, 0.4) is 0 Å². The maximum Gasteiger partial charge on any atom is 0.270 e. The normalized spacial score (nSPS) is 10.1. The van der Waals surface area contributed by atoms with Crippen molar-refractivity contribution in [2.45, 2.75) is 6.92 Å². The number of rotatable bonds is 3. The highest BCUT2D eigenvalue weighted by molar-refractivity contribution is 7.10. The number of nitro groups is 1. The summed E-state index contributed by atoms with van der Waals surface area (Å²) in [6.45, 7) is 1.82. The Bertz CT molecular complexity index is 609. The van der Waals surface area contributed by atoms with Crippen molar-refractivity contribution in [2.75, 3.05) is 5.32 Å². The third-order valence-corrected chi connectivity index (χ3v) is 2.98. The van der Waals surface area contributed by atoms with Gasteiger partial charge in [-0.05, 0) is 30.6 Å².